The van der Waals surface area contributed by atoms with Gasteiger partial charge in [0.05, 0.1) is 17.7 Å². The largest absolute Gasteiger partial charge is 0.496 e. The molecule has 1 aromatic rings. The lowest BCUT2D eigenvalue weighted by Crippen LogP contribution is -2.41. The molecule has 0 radical (unpaired) electrons. The highest BCUT2D eigenvalue weighted by Crippen LogP contribution is 2.36. The monoisotopic (exact) mass is 284 g/mol. The molecule has 108 valence electrons. The van der Waals surface area contributed by atoms with Crippen LogP contribution in [0.3, 0.4) is 0 Å². The Morgan fingerprint density at radius 3 is 2.48 bits per heavy atom. The molecule has 0 aliphatic carbocycles. The van der Waals surface area contributed by atoms with E-state index in [0.717, 1.165) is 5.46 Å². The third-order valence-electron chi connectivity index (χ3n) is 3.74. The van der Waals surface area contributed by atoms with E-state index in [1.807, 2.05) is 33.8 Å². The van der Waals surface area contributed by atoms with Crippen molar-refractivity contribution in [3.05, 3.63) is 34.5 Å². The fourth-order valence-electron chi connectivity index (χ4n) is 1.79. The molecule has 0 aromatic carbocycles. The zero-order chi connectivity index (χ0) is 15.5. The highest BCUT2D eigenvalue weighted by atomic mass is 16.7. The Bertz CT molecular complexity index is 609. The lowest BCUT2D eigenvalue weighted by atomic mass is 9.80. The molecule has 0 saturated carbocycles. The molecule has 1 aromatic heterocycles. The Hall–Kier alpha value is -2.00. The van der Waals surface area contributed by atoms with E-state index in [2.05, 4.69) is 26.9 Å². The summed E-state index contributed by atoms with van der Waals surface area (Å²) < 4.78 is 11.9. The van der Waals surface area contributed by atoms with Crippen molar-refractivity contribution in [1.29, 1.82) is 0 Å². The van der Waals surface area contributed by atoms with E-state index >= 15 is 0 Å². The second-order valence-electron chi connectivity index (χ2n) is 5.76. The normalized spacial score (nSPS) is 18.6. The number of aromatic nitrogens is 1. The smallest absolute Gasteiger partial charge is 0.399 e. The fraction of sp³-hybridized carbons (Fsp3) is 0.500. The molecule has 0 atom stereocenters. The Kier molecular flexibility index (Phi) is 4.24. The van der Waals surface area contributed by atoms with Gasteiger partial charge in [-0.3, -0.25) is 0 Å². The highest BCUT2D eigenvalue weighted by Gasteiger charge is 2.51. The van der Waals surface area contributed by atoms with E-state index in [9.17, 15) is 0 Å². The summed E-state index contributed by atoms with van der Waals surface area (Å²) in [6.45, 7) is 8.18. The van der Waals surface area contributed by atoms with Crippen molar-refractivity contribution >= 4 is 12.6 Å². The summed E-state index contributed by atoms with van der Waals surface area (Å²) in [4.78, 5) is 6.88. The molecular formula is C14H17BN4O2. The Morgan fingerprint density at radius 1 is 1.29 bits per heavy atom. The highest BCUT2D eigenvalue weighted by molar-refractivity contribution is 6.62. The molecule has 0 amide bonds. The van der Waals surface area contributed by atoms with Crippen molar-refractivity contribution in [2.75, 3.05) is 6.54 Å². The van der Waals surface area contributed by atoms with Gasteiger partial charge in [-0.1, -0.05) is 17.1 Å². The van der Waals surface area contributed by atoms with Crippen molar-refractivity contribution in [1.82, 2.24) is 4.98 Å². The Balaban J connectivity index is 2.10. The van der Waals surface area contributed by atoms with Crippen LogP contribution < -0.4 is 5.46 Å². The summed E-state index contributed by atoms with van der Waals surface area (Å²) in [6.07, 6.45) is 1.69. The number of pyridine rings is 1. The molecule has 21 heavy (non-hydrogen) atoms. The number of hydrogen-bond donors (Lipinski definition) is 0. The second-order valence-corrected chi connectivity index (χ2v) is 5.76. The lowest BCUT2D eigenvalue weighted by Gasteiger charge is -2.32. The molecule has 0 unspecified atom stereocenters. The van der Waals surface area contributed by atoms with Crippen LogP contribution in [-0.2, 0) is 9.31 Å². The van der Waals surface area contributed by atoms with Crippen molar-refractivity contribution in [3.63, 3.8) is 0 Å². The van der Waals surface area contributed by atoms with Gasteiger partial charge in [-0.2, -0.15) is 0 Å². The van der Waals surface area contributed by atoms with E-state index in [1.165, 1.54) is 0 Å². The third kappa shape index (κ3) is 3.37. The van der Waals surface area contributed by atoms with Crippen LogP contribution in [0.1, 0.15) is 33.4 Å². The summed E-state index contributed by atoms with van der Waals surface area (Å²) in [5.74, 6) is 5.54. The molecule has 0 N–H and O–H groups in total. The molecule has 7 heteroatoms. The van der Waals surface area contributed by atoms with Crippen molar-refractivity contribution in [2.45, 2.75) is 38.9 Å². The van der Waals surface area contributed by atoms with Gasteiger partial charge in [0.15, 0.2) is 0 Å². The first-order valence-corrected chi connectivity index (χ1v) is 6.67. The van der Waals surface area contributed by atoms with Crippen LogP contribution >= 0.6 is 0 Å². The van der Waals surface area contributed by atoms with E-state index in [1.54, 1.807) is 12.3 Å². The standard InChI is InChI=1S/C14H17BN4O2/c1-13(2)14(3,4)21-15(20-13)11-7-8-12(17-10-11)6-5-9-18-19-16/h7-8,10H,9H2,1-4H3. The van der Waals surface area contributed by atoms with Gasteiger partial charge in [-0.15, -0.1) is 0 Å². The maximum Gasteiger partial charge on any atom is 0.496 e. The Morgan fingerprint density at radius 2 is 1.95 bits per heavy atom. The molecule has 0 spiro atoms. The van der Waals surface area contributed by atoms with Gasteiger partial charge < -0.3 is 9.31 Å². The summed E-state index contributed by atoms with van der Waals surface area (Å²) >= 11 is 0. The first-order valence-electron chi connectivity index (χ1n) is 6.67. The number of hydrogen-bond acceptors (Lipinski definition) is 4. The van der Waals surface area contributed by atoms with Crippen LogP contribution in [0, 0.1) is 11.8 Å². The van der Waals surface area contributed by atoms with Crippen LogP contribution in [0.4, 0.5) is 0 Å². The molecule has 2 heterocycles. The third-order valence-corrected chi connectivity index (χ3v) is 3.74. The fourth-order valence-corrected chi connectivity index (χ4v) is 1.79. The van der Waals surface area contributed by atoms with Gasteiger partial charge >= 0.3 is 7.12 Å². The minimum atomic E-state index is -0.423. The predicted molar refractivity (Wildman–Crippen MR) is 80.8 cm³/mol. The number of nitrogens with zero attached hydrogens (tertiary/aromatic N) is 4. The van der Waals surface area contributed by atoms with Crippen LogP contribution in [0.25, 0.3) is 10.4 Å². The van der Waals surface area contributed by atoms with Crippen LogP contribution in [0.15, 0.2) is 23.4 Å². The van der Waals surface area contributed by atoms with Crippen molar-refractivity contribution in [2.24, 2.45) is 5.11 Å². The van der Waals surface area contributed by atoms with Gasteiger partial charge in [0.25, 0.3) is 0 Å². The van der Waals surface area contributed by atoms with Crippen LogP contribution in [0.5, 0.6) is 0 Å². The van der Waals surface area contributed by atoms with E-state index in [-0.39, 0.29) is 17.7 Å². The Labute approximate surface area is 124 Å². The summed E-state index contributed by atoms with van der Waals surface area (Å²) in [5.41, 5.74) is 8.88. The predicted octanol–water partition coefficient (Wildman–Crippen LogP) is 2.04. The number of azide groups is 1. The first-order chi connectivity index (χ1) is 9.86. The minimum absolute atomic E-state index is 0.136. The average molecular weight is 284 g/mol. The van der Waals surface area contributed by atoms with Gasteiger partial charge in [-0.25, -0.2) is 4.98 Å². The molecule has 1 fully saturated rings. The zero-order valence-corrected chi connectivity index (χ0v) is 12.6. The number of rotatable bonds is 2. The van der Waals surface area contributed by atoms with E-state index in [4.69, 9.17) is 14.8 Å². The van der Waals surface area contributed by atoms with Gasteiger partial charge in [0.1, 0.15) is 5.69 Å². The topological polar surface area (TPSA) is 80.1 Å². The second kappa shape index (κ2) is 5.78. The van der Waals surface area contributed by atoms with E-state index < -0.39 is 7.12 Å². The molecule has 2 rings (SSSR count). The van der Waals surface area contributed by atoms with Gasteiger partial charge in [-0.05, 0) is 45.2 Å². The summed E-state index contributed by atoms with van der Waals surface area (Å²) in [5, 5.41) is 3.34. The van der Waals surface area contributed by atoms with Gasteiger partial charge in [0.2, 0.25) is 0 Å². The molecule has 1 saturated heterocycles. The molecule has 1 aliphatic heterocycles. The molecule has 0 bridgehead atoms. The van der Waals surface area contributed by atoms with Crippen LogP contribution in [-0.4, -0.2) is 29.8 Å². The molecular weight excluding hydrogens is 267 g/mol. The van der Waals surface area contributed by atoms with Gasteiger partial charge in [0, 0.05) is 16.6 Å². The first kappa shape index (κ1) is 15.4. The summed E-state index contributed by atoms with van der Waals surface area (Å²) in [7, 11) is -0.423. The SMILES string of the molecule is CC1(C)OB(c2ccc(C#CCN=[N+]=[N-])nc2)OC1(C)C. The lowest BCUT2D eigenvalue weighted by molar-refractivity contribution is 0.00578. The average Bonchev–Trinajstić information content (AvgIpc) is 2.64. The zero-order valence-electron chi connectivity index (χ0n) is 12.6. The maximum absolute atomic E-state index is 8.15. The van der Waals surface area contributed by atoms with Crippen molar-refractivity contribution < 1.29 is 9.31 Å². The molecule has 6 nitrogen and oxygen atoms in total. The summed E-state index contributed by atoms with van der Waals surface area (Å²) in [6, 6.07) is 3.68. The van der Waals surface area contributed by atoms with Crippen molar-refractivity contribution in [3.8, 4) is 11.8 Å². The van der Waals surface area contributed by atoms with Crippen LogP contribution in [0.2, 0.25) is 0 Å². The minimum Gasteiger partial charge on any atom is -0.399 e. The molecule has 1 aliphatic rings. The maximum atomic E-state index is 8.15. The quantitative estimate of drug-likeness (QED) is 0.274. The van der Waals surface area contributed by atoms with E-state index in [0.29, 0.717) is 5.69 Å².